The van der Waals surface area contributed by atoms with Crippen LogP contribution in [0.15, 0.2) is 48.5 Å². The fraction of sp³-hybridized carbons (Fsp3) is 0.278. The molecule has 0 spiro atoms. The second-order valence-corrected chi connectivity index (χ2v) is 5.23. The molecule has 5 nitrogen and oxygen atoms in total. The third-order valence-corrected chi connectivity index (χ3v) is 3.25. The van der Waals surface area contributed by atoms with Crippen molar-refractivity contribution in [2.24, 2.45) is 0 Å². The van der Waals surface area contributed by atoms with E-state index in [0.717, 1.165) is 22.6 Å². The average Bonchev–Trinajstić information content (AvgIpc) is 2.57. The van der Waals surface area contributed by atoms with Crippen LogP contribution in [0.3, 0.4) is 0 Å². The molecule has 122 valence electrons. The lowest BCUT2D eigenvalue weighted by Crippen LogP contribution is -2.33. The molecule has 0 saturated carbocycles. The van der Waals surface area contributed by atoms with Gasteiger partial charge < -0.3 is 20.5 Å². The van der Waals surface area contributed by atoms with Gasteiger partial charge in [-0.3, -0.25) is 4.79 Å². The second-order valence-electron chi connectivity index (χ2n) is 5.23. The van der Waals surface area contributed by atoms with Gasteiger partial charge in [-0.25, -0.2) is 0 Å². The van der Waals surface area contributed by atoms with Crippen molar-refractivity contribution in [1.82, 2.24) is 5.32 Å². The van der Waals surface area contributed by atoms with Gasteiger partial charge in [0.15, 0.2) is 0 Å². The SMILES string of the molecule is Cc1cccc(OCCNC(=O)CNc2cccc(CO)c2)c1. The van der Waals surface area contributed by atoms with E-state index >= 15 is 0 Å². The summed E-state index contributed by atoms with van der Waals surface area (Å²) in [6.45, 7) is 3.05. The summed E-state index contributed by atoms with van der Waals surface area (Å²) in [6, 6.07) is 15.1. The molecule has 0 aliphatic heterocycles. The van der Waals surface area contributed by atoms with Gasteiger partial charge in [-0.05, 0) is 42.3 Å². The number of hydrogen-bond donors (Lipinski definition) is 3. The van der Waals surface area contributed by atoms with Crippen LogP contribution < -0.4 is 15.4 Å². The molecule has 0 heterocycles. The average molecular weight is 314 g/mol. The fourth-order valence-corrected chi connectivity index (χ4v) is 2.09. The number of carbonyl (C=O) groups excluding carboxylic acids is 1. The van der Waals surface area contributed by atoms with Crippen LogP contribution in [0.1, 0.15) is 11.1 Å². The van der Waals surface area contributed by atoms with Crippen molar-refractivity contribution in [1.29, 1.82) is 0 Å². The summed E-state index contributed by atoms with van der Waals surface area (Å²) >= 11 is 0. The largest absolute Gasteiger partial charge is 0.492 e. The maximum atomic E-state index is 11.8. The molecule has 0 fully saturated rings. The third-order valence-electron chi connectivity index (χ3n) is 3.25. The van der Waals surface area contributed by atoms with Crippen LogP contribution >= 0.6 is 0 Å². The summed E-state index contributed by atoms with van der Waals surface area (Å²) in [5.41, 5.74) is 2.76. The van der Waals surface area contributed by atoms with Crippen molar-refractivity contribution in [2.45, 2.75) is 13.5 Å². The van der Waals surface area contributed by atoms with Crippen LogP contribution in [0.4, 0.5) is 5.69 Å². The molecule has 2 aromatic carbocycles. The van der Waals surface area contributed by atoms with E-state index in [1.54, 1.807) is 0 Å². The number of carbonyl (C=O) groups is 1. The summed E-state index contributed by atoms with van der Waals surface area (Å²) in [6.07, 6.45) is 0. The second kappa shape index (κ2) is 8.80. The van der Waals surface area contributed by atoms with E-state index < -0.39 is 0 Å². The molecule has 3 N–H and O–H groups in total. The molecule has 0 unspecified atom stereocenters. The zero-order chi connectivity index (χ0) is 16.5. The van der Waals surface area contributed by atoms with E-state index in [0.29, 0.717) is 13.2 Å². The van der Waals surface area contributed by atoms with E-state index in [2.05, 4.69) is 10.6 Å². The first kappa shape index (κ1) is 16.8. The number of hydrogen-bond acceptors (Lipinski definition) is 4. The molecular weight excluding hydrogens is 292 g/mol. The molecule has 0 aliphatic carbocycles. The number of benzene rings is 2. The van der Waals surface area contributed by atoms with Crippen LogP contribution in [-0.4, -0.2) is 30.7 Å². The van der Waals surface area contributed by atoms with E-state index in [4.69, 9.17) is 9.84 Å². The molecule has 5 heteroatoms. The first-order chi connectivity index (χ1) is 11.2. The maximum absolute atomic E-state index is 11.8. The van der Waals surface area contributed by atoms with E-state index in [1.807, 2.05) is 55.5 Å². The summed E-state index contributed by atoms with van der Waals surface area (Å²) in [5.74, 6) is 0.699. The maximum Gasteiger partial charge on any atom is 0.239 e. The highest BCUT2D eigenvalue weighted by Crippen LogP contribution is 2.12. The molecule has 2 rings (SSSR count). The molecule has 0 atom stereocenters. The highest BCUT2D eigenvalue weighted by Gasteiger charge is 2.01. The minimum Gasteiger partial charge on any atom is -0.492 e. The molecule has 23 heavy (non-hydrogen) atoms. The van der Waals surface area contributed by atoms with Gasteiger partial charge in [-0.2, -0.15) is 0 Å². The fourth-order valence-electron chi connectivity index (χ4n) is 2.09. The molecule has 0 bridgehead atoms. The molecule has 0 aliphatic rings. The van der Waals surface area contributed by atoms with E-state index in [-0.39, 0.29) is 19.1 Å². The van der Waals surface area contributed by atoms with Crippen molar-refractivity contribution >= 4 is 11.6 Å². The number of ether oxygens (including phenoxy) is 1. The predicted molar refractivity (Wildman–Crippen MR) is 90.5 cm³/mol. The topological polar surface area (TPSA) is 70.6 Å². The molecular formula is C18H22N2O3. The number of amides is 1. The zero-order valence-electron chi connectivity index (χ0n) is 13.2. The molecule has 1 amide bonds. The summed E-state index contributed by atoms with van der Waals surface area (Å²) in [4.78, 5) is 11.8. The minimum absolute atomic E-state index is 0.0159. The van der Waals surface area contributed by atoms with E-state index in [1.165, 1.54) is 0 Å². The van der Waals surface area contributed by atoms with Gasteiger partial charge in [0.2, 0.25) is 5.91 Å². The number of aliphatic hydroxyl groups is 1. The van der Waals surface area contributed by atoms with Gasteiger partial charge >= 0.3 is 0 Å². The molecule has 0 aromatic heterocycles. The van der Waals surface area contributed by atoms with Crippen molar-refractivity contribution in [3.63, 3.8) is 0 Å². The smallest absolute Gasteiger partial charge is 0.239 e. The standard InChI is InChI=1S/C18H22N2O3/c1-14-4-2-7-17(10-14)23-9-8-19-18(22)12-20-16-6-3-5-15(11-16)13-21/h2-7,10-11,20-21H,8-9,12-13H2,1H3,(H,19,22). The number of aryl methyl sites for hydroxylation is 1. The highest BCUT2D eigenvalue weighted by atomic mass is 16.5. The van der Waals surface area contributed by atoms with Crippen molar-refractivity contribution < 1.29 is 14.6 Å². The minimum atomic E-state index is -0.104. The number of rotatable bonds is 8. The Morgan fingerprint density at radius 3 is 2.78 bits per heavy atom. The first-order valence-corrected chi connectivity index (χ1v) is 7.57. The predicted octanol–water partition coefficient (Wildman–Crippen LogP) is 2.09. The Morgan fingerprint density at radius 2 is 2.00 bits per heavy atom. The van der Waals surface area contributed by atoms with Crippen LogP contribution in [0.25, 0.3) is 0 Å². The lowest BCUT2D eigenvalue weighted by atomic mass is 10.2. The Balaban J connectivity index is 1.65. The lowest BCUT2D eigenvalue weighted by Gasteiger charge is -2.10. The van der Waals surface area contributed by atoms with E-state index in [9.17, 15) is 4.79 Å². The number of anilines is 1. The quantitative estimate of drug-likeness (QED) is 0.653. The number of nitrogens with one attached hydrogen (secondary N) is 2. The Morgan fingerprint density at radius 1 is 1.17 bits per heavy atom. The Bertz CT molecular complexity index is 644. The zero-order valence-corrected chi connectivity index (χ0v) is 13.2. The van der Waals surface area contributed by atoms with Gasteiger partial charge in [0, 0.05) is 5.69 Å². The van der Waals surface area contributed by atoms with Gasteiger partial charge in [-0.1, -0.05) is 24.3 Å². The van der Waals surface area contributed by atoms with Gasteiger partial charge in [-0.15, -0.1) is 0 Å². The van der Waals surface area contributed by atoms with Crippen LogP contribution in [0.5, 0.6) is 5.75 Å². The van der Waals surface area contributed by atoms with Crippen molar-refractivity contribution in [3.05, 3.63) is 59.7 Å². The normalized spacial score (nSPS) is 10.2. The summed E-state index contributed by atoms with van der Waals surface area (Å²) in [5, 5.41) is 14.9. The first-order valence-electron chi connectivity index (χ1n) is 7.57. The van der Waals surface area contributed by atoms with Crippen LogP contribution in [0, 0.1) is 6.92 Å². The van der Waals surface area contributed by atoms with Crippen LogP contribution in [0.2, 0.25) is 0 Å². The summed E-state index contributed by atoms with van der Waals surface area (Å²) in [7, 11) is 0. The Hall–Kier alpha value is -2.53. The molecule has 0 radical (unpaired) electrons. The molecule has 0 saturated heterocycles. The molecule has 2 aromatic rings. The Kier molecular flexibility index (Phi) is 6.44. The van der Waals surface area contributed by atoms with Crippen LogP contribution in [-0.2, 0) is 11.4 Å². The van der Waals surface area contributed by atoms with Crippen molar-refractivity contribution in [2.75, 3.05) is 25.0 Å². The Labute approximate surface area is 136 Å². The highest BCUT2D eigenvalue weighted by molar-refractivity contribution is 5.80. The van der Waals surface area contributed by atoms with Gasteiger partial charge in [0.1, 0.15) is 12.4 Å². The third kappa shape index (κ3) is 6.00. The number of aliphatic hydroxyl groups excluding tert-OH is 1. The monoisotopic (exact) mass is 314 g/mol. The van der Waals surface area contributed by atoms with Gasteiger partial charge in [0.05, 0.1) is 19.7 Å². The lowest BCUT2D eigenvalue weighted by molar-refractivity contribution is -0.119. The van der Waals surface area contributed by atoms with Crippen molar-refractivity contribution in [3.8, 4) is 5.75 Å². The van der Waals surface area contributed by atoms with Gasteiger partial charge in [0.25, 0.3) is 0 Å². The summed E-state index contributed by atoms with van der Waals surface area (Å²) < 4.78 is 5.57.